The minimum Gasteiger partial charge on any atom is -0.358 e. The summed E-state index contributed by atoms with van der Waals surface area (Å²) in [5, 5.41) is 0. The molecular weight excluding hydrogens is 217 g/mol. The minimum absolute atomic E-state index is 0. The first kappa shape index (κ1) is 43.1. The summed E-state index contributed by atoms with van der Waals surface area (Å²) >= 11 is 3.83. The summed E-state index contributed by atoms with van der Waals surface area (Å²) in [6.45, 7) is 12.0. The van der Waals surface area contributed by atoms with E-state index in [1.54, 1.807) is 0 Å². The summed E-state index contributed by atoms with van der Waals surface area (Å²) in [5.74, 6) is 2.83. The third kappa shape index (κ3) is 433. The summed E-state index contributed by atoms with van der Waals surface area (Å²) in [5.41, 5.74) is 0. The molecule has 0 aliphatic heterocycles. The van der Waals surface area contributed by atoms with Crippen LogP contribution < -0.4 is 0 Å². The zero-order valence-electron chi connectivity index (χ0n) is 8.69. The van der Waals surface area contributed by atoms with E-state index in [4.69, 9.17) is 0 Å². The van der Waals surface area contributed by atoms with Crippen LogP contribution in [0, 0.1) is 7.43 Å². The molecule has 65 valence electrons. The number of hydrogen-bond acceptors (Lipinski definition) is 1. The van der Waals surface area contributed by atoms with Crippen molar-refractivity contribution in [2.24, 2.45) is 0 Å². The average molecular weight is 240 g/mol. The zero-order chi connectivity index (χ0) is 8.00. The Kier molecular flexibility index (Phi) is 2610. The SMILES string of the molecule is C=S.CC.CC.CC.[CH3-].[Y]. The molecule has 0 nitrogen and oxygen atoms in total. The van der Waals surface area contributed by atoms with Crippen molar-refractivity contribution < 1.29 is 32.7 Å². The number of thiocarbonyl (C=S) groups is 1. The average Bonchev–Trinajstić information content (AvgIpc) is 2.03. The van der Waals surface area contributed by atoms with E-state index in [0.717, 1.165) is 0 Å². The van der Waals surface area contributed by atoms with Gasteiger partial charge in [0.25, 0.3) is 0 Å². The summed E-state index contributed by atoms with van der Waals surface area (Å²) in [6.07, 6.45) is 0. The van der Waals surface area contributed by atoms with Gasteiger partial charge in [0.2, 0.25) is 0 Å². The van der Waals surface area contributed by atoms with Crippen LogP contribution in [-0.4, -0.2) is 5.87 Å². The van der Waals surface area contributed by atoms with Crippen LogP contribution in [0.1, 0.15) is 41.5 Å². The Morgan fingerprint density at radius 2 is 0.700 bits per heavy atom. The largest absolute Gasteiger partial charge is 0.358 e. The first-order valence-electron chi connectivity index (χ1n) is 3.29. The monoisotopic (exact) mass is 240 g/mol. The predicted octanol–water partition coefficient (Wildman–Crippen LogP) is 4.14. The topological polar surface area (TPSA) is 0 Å². The van der Waals surface area contributed by atoms with Crippen LogP contribution >= 0.6 is 12.2 Å². The summed E-state index contributed by atoms with van der Waals surface area (Å²) < 4.78 is 0. The van der Waals surface area contributed by atoms with Gasteiger partial charge >= 0.3 is 0 Å². The van der Waals surface area contributed by atoms with E-state index >= 15 is 0 Å². The zero-order valence-corrected chi connectivity index (χ0v) is 12.3. The molecule has 0 aromatic rings. The van der Waals surface area contributed by atoms with E-state index in [1.165, 1.54) is 0 Å². The molecule has 0 rings (SSSR count). The molecule has 2 heteroatoms. The number of hydrogen-bond donors (Lipinski definition) is 0. The van der Waals surface area contributed by atoms with Gasteiger partial charge in [-0.15, -0.1) is 0 Å². The maximum absolute atomic E-state index is 3.83. The van der Waals surface area contributed by atoms with Gasteiger partial charge in [0.05, 0.1) is 0 Å². The maximum atomic E-state index is 3.83. The molecule has 1 radical (unpaired) electrons. The van der Waals surface area contributed by atoms with Crippen LogP contribution in [0.3, 0.4) is 0 Å². The van der Waals surface area contributed by atoms with Crippen LogP contribution in [0.2, 0.25) is 0 Å². The Labute approximate surface area is 99.1 Å². The van der Waals surface area contributed by atoms with Gasteiger partial charge in [0.1, 0.15) is 0 Å². The molecule has 0 amide bonds. The summed E-state index contributed by atoms with van der Waals surface area (Å²) in [6, 6.07) is 0. The molecule has 0 saturated carbocycles. The Morgan fingerprint density at radius 3 is 0.700 bits per heavy atom. The van der Waals surface area contributed by atoms with Crippen molar-refractivity contribution in [1.29, 1.82) is 0 Å². The quantitative estimate of drug-likeness (QED) is 0.453. The van der Waals surface area contributed by atoms with Crippen molar-refractivity contribution in [1.82, 2.24) is 0 Å². The van der Waals surface area contributed by atoms with Gasteiger partial charge in [-0.1, -0.05) is 53.8 Å². The molecule has 0 aliphatic carbocycles. The van der Waals surface area contributed by atoms with Gasteiger partial charge in [-0.3, -0.25) is 0 Å². The Hall–Kier alpha value is 1.19. The Morgan fingerprint density at radius 1 is 0.700 bits per heavy atom. The molecule has 0 aromatic heterocycles. The maximum Gasteiger partial charge on any atom is 0 e. The fourth-order valence-electron chi connectivity index (χ4n) is 0. The normalized spacial score (nSPS) is 2.20. The summed E-state index contributed by atoms with van der Waals surface area (Å²) in [7, 11) is 0. The summed E-state index contributed by atoms with van der Waals surface area (Å²) in [4.78, 5) is 0. The second-order valence-corrected chi connectivity index (χ2v) is 0. The second kappa shape index (κ2) is 605. The fraction of sp³-hybridized carbons (Fsp3) is 0.750. The van der Waals surface area contributed by atoms with Crippen LogP contribution in [0.5, 0.6) is 0 Å². The molecule has 0 aromatic carbocycles. The van der Waals surface area contributed by atoms with Gasteiger partial charge in [-0.2, -0.15) is 0 Å². The molecule has 0 fully saturated rings. The van der Waals surface area contributed by atoms with Crippen LogP contribution in [0.25, 0.3) is 0 Å². The van der Waals surface area contributed by atoms with Gasteiger partial charge in [0.15, 0.2) is 0 Å². The molecular formula is C8H23SY-. The second-order valence-electron chi connectivity index (χ2n) is 0. The van der Waals surface area contributed by atoms with Gasteiger partial charge in [-0.25, -0.2) is 0 Å². The molecule has 0 heterocycles. The van der Waals surface area contributed by atoms with Crippen molar-refractivity contribution in [2.45, 2.75) is 41.5 Å². The van der Waals surface area contributed by atoms with E-state index in [9.17, 15) is 0 Å². The van der Waals surface area contributed by atoms with E-state index in [1.807, 2.05) is 41.5 Å². The van der Waals surface area contributed by atoms with Crippen LogP contribution in [0.4, 0.5) is 0 Å². The molecule has 0 atom stereocenters. The van der Waals surface area contributed by atoms with Crippen LogP contribution in [-0.2, 0) is 32.7 Å². The smallest absolute Gasteiger partial charge is 0 e. The Balaban J connectivity index is -0.00000000500. The van der Waals surface area contributed by atoms with E-state index in [0.29, 0.717) is 0 Å². The van der Waals surface area contributed by atoms with E-state index < -0.39 is 0 Å². The van der Waals surface area contributed by atoms with Gasteiger partial charge < -0.3 is 7.43 Å². The van der Waals surface area contributed by atoms with Crippen molar-refractivity contribution in [3.63, 3.8) is 0 Å². The first-order valence-corrected chi connectivity index (χ1v) is 3.87. The predicted molar refractivity (Wildman–Crippen MR) is 55.2 cm³/mol. The number of rotatable bonds is 0. The van der Waals surface area contributed by atoms with Gasteiger partial charge in [0, 0.05) is 32.7 Å². The molecule has 0 N–H and O–H groups in total. The van der Waals surface area contributed by atoms with E-state index in [-0.39, 0.29) is 40.1 Å². The third-order valence-corrected chi connectivity index (χ3v) is 0. The van der Waals surface area contributed by atoms with Crippen LogP contribution in [0.15, 0.2) is 0 Å². The standard InChI is InChI=1S/3C2H6.CH2S.CH3.Y/c4*1-2;;/h3*1-2H3;1H2;1H3;/q;;;;-1;. The molecule has 0 saturated heterocycles. The minimum atomic E-state index is 0. The molecule has 0 unspecified atom stereocenters. The third-order valence-electron chi connectivity index (χ3n) is 0. The Bertz CT molecular complexity index is 9.22. The van der Waals surface area contributed by atoms with Crippen molar-refractivity contribution in [3.8, 4) is 0 Å². The van der Waals surface area contributed by atoms with Crippen molar-refractivity contribution in [3.05, 3.63) is 7.43 Å². The van der Waals surface area contributed by atoms with Crippen molar-refractivity contribution in [2.75, 3.05) is 0 Å². The molecule has 0 spiro atoms. The molecule has 0 aliphatic rings. The molecule has 0 bridgehead atoms. The fourth-order valence-corrected chi connectivity index (χ4v) is 0. The molecule has 10 heavy (non-hydrogen) atoms. The van der Waals surface area contributed by atoms with Gasteiger partial charge in [-0.05, 0) is 5.87 Å². The van der Waals surface area contributed by atoms with E-state index in [2.05, 4.69) is 18.1 Å². The van der Waals surface area contributed by atoms with Crippen molar-refractivity contribution >= 4 is 18.1 Å². The first-order chi connectivity index (χ1) is 4.00.